The predicted octanol–water partition coefficient (Wildman–Crippen LogP) is 3.28. The second-order valence-corrected chi connectivity index (χ2v) is 6.47. The quantitative estimate of drug-likeness (QED) is 0.617. The number of nitrogens with one attached hydrogen (secondary N) is 1. The Balaban J connectivity index is 1.63. The van der Waals surface area contributed by atoms with Gasteiger partial charge >= 0.3 is 0 Å². The number of hydrogen-bond acceptors (Lipinski definition) is 4. The average molecular weight is 382 g/mol. The SMILES string of the molecule is COCCn1ccc2ccc(C(=O)NCCc3ccc(OC)c(OC)c3)cc21. The Kier molecular flexibility index (Phi) is 6.55. The summed E-state index contributed by atoms with van der Waals surface area (Å²) in [5, 5.41) is 4.10. The molecule has 1 N–H and O–H groups in total. The number of fused-ring (bicyclic) bond motifs is 1. The molecule has 0 saturated heterocycles. The molecule has 0 aliphatic carbocycles. The second-order valence-electron chi connectivity index (χ2n) is 6.47. The summed E-state index contributed by atoms with van der Waals surface area (Å²) in [5.74, 6) is 1.30. The Morgan fingerprint density at radius 1 is 1.00 bits per heavy atom. The van der Waals surface area contributed by atoms with E-state index in [-0.39, 0.29) is 5.91 Å². The molecule has 0 atom stereocenters. The number of amides is 1. The molecule has 0 unspecified atom stereocenters. The third-order valence-electron chi connectivity index (χ3n) is 4.72. The Morgan fingerprint density at radius 3 is 2.57 bits per heavy atom. The van der Waals surface area contributed by atoms with Gasteiger partial charge in [-0.3, -0.25) is 4.79 Å². The van der Waals surface area contributed by atoms with Crippen LogP contribution >= 0.6 is 0 Å². The fourth-order valence-corrected chi connectivity index (χ4v) is 3.17. The molecular weight excluding hydrogens is 356 g/mol. The van der Waals surface area contributed by atoms with Crippen LogP contribution in [0.3, 0.4) is 0 Å². The second kappa shape index (κ2) is 9.28. The van der Waals surface area contributed by atoms with Crippen LogP contribution in [0.25, 0.3) is 10.9 Å². The van der Waals surface area contributed by atoms with Gasteiger partial charge < -0.3 is 24.1 Å². The molecule has 1 heterocycles. The van der Waals surface area contributed by atoms with Gasteiger partial charge in [-0.2, -0.15) is 0 Å². The third kappa shape index (κ3) is 4.46. The van der Waals surface area contributed by atoms with Crippen LogP contribution in [0.15, 0.2) is 48.7 Å². The molecule has 148 valence electrons. The van der Waals surface area contributed by atoms with E-state index in [1.807, 2.05) is 48.7 Å². The highest BCUT2D eigenvalue weighted by Crippen LogP contribution is 2.27. The van der Waals surface area contributed by atoms with Gasteiger partial charge in [0.25, 0.3) is 5.91 Å². The summed E-state index contributed by atoms with van der Waals surface area (Å²) in [6.45, 7) is 1.92. The van der Waals surface area contributed by atoms with E-state index in [2.05, 4.69) is 9.88 Å². The van der Waals surface area contributed by atoms with Crippen molar-refractivity contribution in [3.05, 3.63) is 59.8 Å². The van der Waals surface area contributed by atoms with Crippen LogP contribution in [-0.2, 0) is 17.7 Å². The van der Waals surface area contributed by atoms with Crippen LogP contribution in [0.1, 0.15) is 15.9 Å². The summed E-state index contributed by atoms with van der Waals surface area (Å²) >= 11 is 0. The molecule has 0 bridgehead atoms. The summed E-state index contributed by atoms with van der Waals surface area (Å²) in [6.07, 6.45) is 2.72. The number of ether oxygens (including phenoxy) is 3. The zero-order valence-electron chi connectivity index (χ0n) is 16.5. The third-order valence-corrected chi connectivity index (χ3v) is 4.72. The fourth-order valence-electron chi connectivity index (χ4n) is 3.17. The Hall–Kier alpha value is -2.99. The van der Waals surface area contributed by atoms with Crippen molar-refractivity contribution < 1.29 is 19.0 Å². The molecule has 0 aliphatic rings. The van der Waals surface area contributed by atoms with Crippen molar-refractivity contribution in [2.75, 3.05) is 34.5 Å². The van der Waals surface area contributed by atoms with Crippen molar-refractivity contribution in [1.82, 2.24) is 9.88 Å². The Morgan fingerprint density at radius 2 is 1.82 bits per heavy atom. The summed E-state index contributed by atoms with van der Waals surface area (Å²) in [4.78, 5) is 12.6. The van der Waals surface area contributed by atoms with Crippen LogP contribution in [0, 0.1) is 0 Å². The minimum atomic E-state index is -0.0816. The van der Waals surface area contributed by atoms with Gasteiger partial charge in [0.2, 0.25) is 0 Å². The lowest BCUT2D eigenvalue weighted by atomic mass is 10.1. The van der Waals surface area contributed by atoms with Gasteiger partial charge in [0, 0.05) is 37.5 Å². The number of benzene rings is 2. The molecule has 0 aliphatic heterocycles. The molecule has 0 spiro atoms. The Bertz CT molecular complexity index is 949. The van der Waals surface area contributed by atoms with E-state index in [0.29, 0.717) is 36.6 Å². The smallest absolute Gasteiger partial charge is 0.251 e. The van der Waals surface area contributed by atoms with E-state index in [4.69, 9.17) is 14.2 Å². The number of aromatic nitrogens is 1. The minimum absolute atomic E-state index is 0.0816. The maximum Gasteiger partial charge on any atom is 0.251 e. The van der Waals surface area contributed by atoms with E-state index >= 15 is 0 Å². The standard InChI is InChI=1S/C22H26N2O4/c1-26-13-12-24-11-9-17-5-6-18(15-19(17)24)22(25)23-10-8-16-4-7-20(27-2)21(14-16)28-3/h4-7,9,11,14-15H,8,10,12-13H2,1-3H3,(H,23,25). The van der Waals surface area contributed by atoms with Gasteiger partial charge in [-0.25, -0.2) is 0 Å². The molecule has 3 rings (SSSR count). The number of carbonyl (C=O) groups excluding carboxylic acids is 1. The van der Waals surface area contributed by atoms with Crippen LogP contribution in [0.4, 0.5) is 0 Å². The maximum atomic E-state index is 12.6. The fraction of sp³-hybridized carbons (Fsp3) is 0.318. The molecule has 28 heavy (non-hydrogen) atoms. The average Bonchev–Trinajstić information content (AvgIpc) is 3.14. The summed E-state index contributed by atoms with van der Waals surface area (Å²) in [7, 11) is 4.91. The van der Waals surface area contributed by atoms with Crippen molar-refractivity contribution in [2.45, 2.75) is 13.0 Å². The van der Waals surface area contributed by atoms with E-state index in [9.17, 15) is 4.79 Å². The number of carbonyl (C=O) groups is 1. The van der Waals surface area contributed by atoms with Crippen molar-refractivity contribution in [3.63, 3.8) is 0 Å². The number of methoxy groups -OCH3 is 3. The molecule has 0 fully saturated rings. The molecule has 1 amide bonds. The molecule has 6 nitrogen and oxygen atoms in total. The normalized spacial score (nSPS) is 10.8. The van der Waals surface area contributed by atoms with Crippen molar-refractivity contribution in [3.8, 4) is 11.5 Å². The number of nitrogens with zero attached hydrogens (tertiary/aromatic N) is 1. The number of hydrogen-bond donors (Lipinski definition) is 1. The van der Waals surface area contributed by atoms with Gasteiger partial charge in [0.1, 0.15) is 0 Å². The molecular formula is C22H26N2O4. The molecule has 6 heteroatoms. The lowest BCUT2D eigenvalue weighted by molar-refractivity contribution is 0.0954. The zero-order chi connectivity index (χ0) is 19.9. The van der Waals surface area contributed by atoms with Gasteiger partial charge in [0.05, 0.1) is 20.8 Å². The largest absolute Gasteiger partial charge is 0.493 e. The first-order chi connectivity index (χ1) is 13.7. The Labute approximate surface area is 165 Å². The van der Waals surface area contributed by atoms with Gasteiger partial charge in [0.15, 0.2) is 11.5 Å². The predicted molar refractivity (Wildman–Crippen MR) is 109 cm³/mol. The first kappa shape index (κ1) is 19.8. The zero-order valence-corrected chi connectivity index (χ0v) is 16.5. The lowest BCUT2D eigenvalue weighted by Crippen LogP contribution is -2.25. The summed E-state index contributed by atoms with van der Waals surface area (Å²) in [5.41, 5.74) is 2.75. The van der Waals surface area contributed by atoms with E-state index < -0.39 is 0 Å². The monoisotopic (exact) mass is 382 g/mol. The highest BCUT2D eigenvalue weighted by atomic mass is 16.5. The van der Waals surface area contributed by atoms with Gasteiger partial charge in [-0.1, -0.05) is 12.1 Å². The highest BCUT2D eigenvalue weighted by Gasteiger charge is 2.09. The number of rotatable bonds is 9. The van der Waals surface area contributed by atoms with Gasteiger partial charge in [-0.05, 0) is 47.7 Å². The molecule has 0 saturated carbocycles. The topological polar surface area (TPSA) is 61.7 Å². The van der Waals surface area contributed by atoms with Crippen molar-refractivity contribution in [1.29, 1.82) is 0 Å². The highest BCUT2D eigenvalue weighted by molar-refractivity contribution is 5.98. The van der Waals surface area contributed by atoms with E-state index in [0.717, 1.165) is 23.0 Å². The first-order valence-electron chi connectivity index (χ1n) is 9.23. The molecule has 0 radical (unpaired) electrons. The summed E-state index contributed by atoms with van der Waals surface area (Å²) < 4.78 is 17.8. The van der Waals surface area contributed by atoms with Crippen LogP contribution < -0.4 is 14.8 Å². The molecule has 1 aromatic heterocycles. The van der Waals surface area contributed by atoms with Crippen molar-refractivity contribution >= 4 is 16.8 Å². The van der Waals surface area contributed by atoms with Crippen molar-refractivity contribution in [2.24, 2.45) is 0 Å². The van der Waals surface area contributed by atoms with Gasteiger partial charge in [-0.15, -0.1) is 0 Å². The maximum absolute atomic E-state index is 12.6. The summed E-state index contributed by atoms with van der Waals surface area (Å²) in [6, 6.07) is 13.6. The lowest BCUT2D eigenvalue weighted by Gasteiger charge is -2.10. The molecule has 2 aromatic carbocycles. The van der Waals surface area contributed by atoms with Crippen LogP contribution in [0.5, 0.6) is 11.5 Å². The van der Waals surface area contributed by atoms with Crippen LogP contribution in [-0.4, -0.2) is 45.0 Å². The minimum Gasteiger partial charge on any atom is -0.493 e. The first-order valence-corrected chi connectivity index (χ1v) is 9.23. The van der Waals surface area contributed by atoms with Crippen LogP contribution in [0.2, 0.25) is 0 Å². The molecule has 3 aromatic rings. The van der Waals surface area contributed by atoms with E-state index in [1.54, 1.807) is 21.3 Å². The van der Waals surface area contributed by atoms with E-state index in [1.165, 1.54) is 0 Å².